The van der Waals surface area contributed by atoms with Crippen LogP contribution >= 0.6 is 0 Å². The summed E-state index contributed by atoms with van der Waals surface area (Å²) in [5.74, 6) is -0.716. The van der Waals surface area contributed by atoms with E-state index in [1.807, 2.05) is 42.1 Å². The van der Waals surface area contributed by atoms with Gasteiger partial charge in [-0.05, 0) is 32.4 Å². The van der Waals surface area contributed by atoms with Crippen molar-refractivity contribution >= 4 is 32.9 Å². The van der Waals surface area contributed by atoms with E-state index in [1.165, 1.54) is 14.1 Å². The maximum Gasteiger partial charge on any atom is 0.408 e. The minimum Gasteiger partial charge on any atom is -0.444 e. The largest absolute Gasteiger partial charge is 0.444 e. The molecule has 1 atom stereocenters. The summed E-state index contributed by atoms with van der Waals surface area (Å²) in [5.41, 5.74) is 1.17. The molecule has 2 aromatic rings. The van der Waals surface area contributed by atoms with Gasteiger partial charge in [-0.3, -0.25) is 4.79 Å². The van der Waals surface area contributed by atoms with Gasteiger partial charge in [0.25, 0.3) is 0 Å². The number of nitrogens with one attached hydrogen (secondary N) is 2. The van der Waals surface area contributed by atoms with Crippen LogP contribution in [0.2, 0.25) is 0 Å². The highest BCUT2D eigenvalue weighted by Crippen LogP contribution is 2.21. The van der Waals surface area contributed by atoms with E-state index in [4.69, 9.17) is 4.74 Å². The molecule has 0 bridgehead atoms. The number of para-hydroxylation sites is 1. The Bertz CT molecular complexity index is 1040. The van der Waals surface area contributed by atoms with E-state index in [9.17, 15) is 18.0 Å². The first-order valence-electron chi connectivity index (χ1n) is 10.0. The van der Waals surface area contributed by atoms with Crippen molar-refractivity contribution in [2.24, 2.45) is 7.05 Å². The molecule has 1 aromatic heterocycles. The maximum absolute atomic E-state index is 12.9. The Morgan fingerprint density at radius 1 is 1.19 bits per heavy atom. The van der Waals surface area contributed by atoms with E-state index in [-0.39, 0.29) is 18.7 Å². The van der Waals surface area contributed by atoms with Gasteiger partial charge in [0.15, 0.2) is 0 Å². The molecule has 0 saturated carbocycles. The highest BCUT2D eigenvalue weighted by molar-refractivity contribution is 7.89. The number of fused-ring (bicyclic) bond motifs is 1. The van der Waals surface area contributed by atoms with Crippen molar-refractivity contribution in [1.29, 1.82) is 0 Å². The first-order valence-corrected chi connectivity index (χ1v) is 11.6. The number of nitrogens with zero attached hydrogens (tertiary/aromatic N) is 2. The molecule has 0 radical (unpaired) electrons. The lowest BCUT2D eigenvalue weighted by Gasteiger charge is -2.23. The Kier molecular flexibility index (Phi) is 7.72. The molecule has 31 heavy (non-hydrogen) atoms. The lowest BCUT2D eigenvalue weighted by molar-refractivity contribution is -0.123. The lowest BCUT2D eigenvalue weighted by atomic mass is 10.0. The summed E-state index contributed by atoms with van der Waals surface area (Å²) in [6, 6.07) is 6.84. The number of benzene rings is 1. The summed E-state index contributed by atoms with van der Waals surface area (Å²) < 4.78 is 32.2. The summed E-state index contributed by atoms with van der Waals surface area (Å²) in [4.78, 5) is 25.2. The normalized spacial score (nSPS) is 13.3. The molecule has 9 nitrogen and oxygen atoms in total. The Hall–Kier alpha value is -2.59. The first-order chi connectivity index (χ1) is 14.3. The van der Waals surface area contributed by atoms with Gasteiger partial charge in [0.2, 0.25) is 15.9 Å². The van der Waals surface area contributed by atoms with Crippen molar-refractivity contribution < 1.29 is 22.7 Å². The third-order valence-electron chi connectivity index (χ3n) is 4.63. The second kappa shape index (κ2) is 9.69. The monoisotopic (exact) mass is 452 g/mol. The summed E-state index contributed by atoms with van der Waals surface area (Å²) in [6.45, 7) is 5.14. The fourth-order valence-corrected chi connectivity index (χ4v) is 3.80. The SMILES string of the molecule is CN(C)S(=O)(=O)CCNC(=O)[C@@H](Cc1cn(C)c2ccccc12)NC(=O)OC(C)(C)C. The highest BCUT2D eigenvalue weighted by atomic mass is 32.2. The maximum atomic E-state index is 12.9. The van der Waals surface area contributed by atoms with Crippen LogP contribution in [0, 0.1) is 0 Å². The Morgan fingerprint density at radius 3 is 2.45 bits per heavy atom. The third-order valence-corrected chi connectivity index (χ3v) is 6.46. The molecule has 1 aromatic carbocycles. The summed E-state index contributed by atoms with van der Waals surface area (Å²) in [5, 5.41) is 6.21. The van der Waals surface area contributed by atoms with Crippen molar-refractivity contribution in [1.82, 2.24) is 19.5 Å². The van der Waals surface area contributed by atoms with Crippen molar-refractivity contribution in [3.8, 4) is 0 Å². The minimum absolute atomic E-state index is 0.0681. The molecule has 172 valence electrons. The molecule has 2 amide bonds. The van der Waals surface area contributed by atoms with Gasteiger partial charge < -0.3 is 19.9 Å². The fraction of sp³-hybridized carbons (Fsp3) is 0.524. The highest BCUT2D eigenvalue weighted by Gasteiger charge is 2.26. The predicted molar refractivity (Wildman–Crippen MR) is 120 cm³/mol. The molecule has 0 fully saturated rings. The second-order valence-electron chi connectivity index (χ2n) is 8.57. The van der Waals surface area contributed by atoms with Gasteiger partial charge in [0, 0.05) is 51.2 Å². The zero-order chi connectivity index (χ0) is 23.4. The molecule has 1 heterocycles. The molecule has 0 aliphatic rings. The number of sulfonamides is 1. The van der Waals surface area contributed by atoms with Crippen molar-refractivity contribution in [3.63, 3.8) is 0 Å². The summed E-state index contributed by atoms with van der Waals surface area (Å²) >= 11 is 0. The number of rotatable bonds is 8. The summed E-state index contributed by atoms with van der Waals surface area (Å²) in [6.07, 6.45) is 1.43. The van der Waals surface area contributed by atoms with Crippen LogP contribution in [0.4, 0.5) is 4.79 Å². The van der Waals surface area contributed by atoms with E-state index in [0.29, 0.717) is 0 Å². The first kappa shape index (κ1) is 24.7. The van der Waals surface area contributed by atoms with Crippen molar-refractivity contribution in [3.05, 3.63) is 36.0 Å². The van der Waals surface area contributed by atoms with E-state index in [2.05, 4.69) is 10.6 Å². The van der Waals surface area contributed by atoms with Gasteiger partial charge in [0.05, 0.1) is 5.75 Å². The Morgan fingerprint density at radius 2 is 1.84 bits per heavy atom. The van der Waals surface area contributed by atoms with Crippen LogP contribution in [0.1, 0.15) is 26.3 Å². The average Bonchev–Trinajstić information content (AvgIpc) is 2.95. The topological polar surface area (TPSA) is 110 Å². The van der Waals surface area contributed by atoms with Gasteiger partial charge in [-0.2, -0.15) is 0 Å². The number of ether oxygens (including phenoxy) is 1. The summed E-state index contributed by atoms with van der Waals surface area (Å²) in [7, 11) is 1.33. The van der Waals surface area contributed by atoms with Gasteiger partial charge in [-0.1, -0.05) is 18.2 Å². The number of aryl methyl sites for hydroxylation is 1. The zero-order valence-electron chi connectivity index (χ0n) is 18.9. The molecule has 10 heteroatoms. The average molecular weight is 453 g/mol. The van der Waals surface area contributed by atoms with Gasteiger partial charge in [-0.15, -0.1) is 0 Å². The molecule has 2 N–H and O–H groups in total. The number of carbonyl (C=O) groups is 2. The lowest BCUT2D eigenvalue weighted by Crippen LogP contribution is -2.50. The third kappa shape index (κ3) is 6.96. The van der Waals surface area contributed by atoms with Crippen LogP contribution in [-0.4, -0.2) is 67.3 Å². The van der Waals surface area contributed by atoms with Crippen LogP contribution in [0.3, 0.4) is 0 Å². The van der Waals surface area contributed by atoms with Crippen LogP contribution < -0.4 is 10.6 Å². The number of hydrogen-bond acceptors (Lipinski definition) is 5. The Labute approximate surface area is 183 Å². The van der Waals surface area contributed by atoms with Gasteiger partial charge >= 0.3 is 6.09 Å². The number of alkyl carbamates (subject to hydrolysis) is 1. The van der Waals surface area contributed by atoms with E-state index in [0.717, 1.165) is 20.8 Å². The molecule has 0 aliphatic carbocycles. The van der Waals surface area contributed by atoms with Gasteiger partial charge in [0.1, 0.15) is 11.6 Å². The van der Waals surface area contributed by atoms with E-state index < -0.39 is 33.7 Å². The number of amides is 2. The number of aromatic nitrogens is 1. The molecular weight excluding hydrogens is 420 g/mol. The zero-order valence-corrected chi connectivity index (χ0v) is 19.7. The van der Waals surface area contributed by atoms with Crippen LogP contribution in [-0.2, 0) is 33.0 Å². The predicted octanol–water partition coefficient (Wildman–Crippen LogP) is 1.62. The minimum atomic E-state index is -3.45. The van der Waals surface area contributed by atoms with E-state index >= 15 is 0 Å². The standard InChI is InChI=1S/C21H32N4O5S/c1-21(2,3)30-20(27)23-17(19(26)22-11-12-31(28,29)24(4)5)13-15-14-25(6)18-10-8-7-9-16(15)18/h7-10,14,17H,11-13H2,1-6H3,(H,22,26)(H,23,27)/t17-/m1/s1. The number of hydrogen-bond donors (Lipinski definition) is 2. The Balaban J connectivity index is 2.19. The van der Waals surface area contributed by atoms with Crippen LogP contribution in [0.25, 0.3) is 10.9 Å². The molecule has 0 aliphatic heterocycles. The van der Waals surface area contributed by atoms with Crippen LogP contribution in [0.5, 0.6) is 0 Å². The quantitative estimate of drug-likeness (QED) is 0.633. The fourth-order valence-electron chi connectivity index (χ4n) is 3.08. The second-order valence-corrected chi connectivity index (χ2v) is 10.9. The molecule has 0 spiro atoms. The van der Waals surface area contributed by atoms with Crippen molar-refractivity contribution in [2.75, 3.05) is 26.4 Å². The van der Waals surface area contributed by atoms with E-state index in [1.54, 1.807) is 20.8 Å². The van der Waals surface area contributed by atoms with Gasteiger partial charge in [-0.25, -0.2) is 17.5 Å². The molecule has 0 saturated heterocycles. The smallest absolute Gasteiger partial charge is 0.408 e. The number of carbonyl (C=O) groups excluding carboxylic acids is 2. The molecule has 0 unspecified atom stereocenters. The molecule has 2 rings (SSSR count). The van der Waals surface area contributed by atoms with Crippen molar-refractivity contribution in [2.45, 2.75) is 38.8 Å². The van der Waals surface area contributed by atoms with Crippen LogP contribution in [0.15, 0.2) is 30.5 Å². The molecular formula is C21H32N4O5S.